The molecule has 0 radical (unpaired) electrons. The highest BCUT2D eigenvalue weighted by atomic mass is 16.5. The second-order valence-corrected chi connectivity index (χ2v) is 3.27. The van der Waals surface area contributed by atoms with Gasteiger partial charge in [0.05, 0.1) is 12.2 Å². The zero-order valence-electron chi connectivity index (χ0n) is 9.10. The zero-order chi connectivity index (χ0) is 12.0. The van der Waals surface area contributed by atoms with Gasteiger partial charge in [-0.05, 0) is 25.0 Å². The predicted octanol–water partition coefficient (Wildman–Crippen LogP) is 1.88. The molecule has 4 heteroatoms. The number of hydrogen-bond donors (Lipinski definition) is 1. The average molecular weight is 222 g/mol. The lowest BCUT2D eigenvalue weighted by Gasteiger charge is -2.05. The van der Waals surface area contributed by atoms with Gasteiger partial charge in [-0.1, -0.05) is 18.2 Å². The van der Waals surface area contributed by atoms with Crippen LogP contribution in [0.5, 0.6) is 0 Å². The Morgan fingerprint density at radius 1 is 1.31 bits per heavy atom. The first-order chi connectivity index (χ1) is 7.65. The number of hydrogen-bond acceptors (Lipinski definition) is 3. The Kier molecular flexibility index (Phi) is 4.51. The van der Waals surface area contributed by atoms with Crippen molar-refractivity contribution in [2.24, 2.45) is 0 Å². The molecular weight excluding hydrogens is 208 g/mol. The molecule has 0 unspecified atom stereocenters. The first-order valence-electron chi connectivity index (χ1n) is 5.12. The van der Waals surface area contributed by atoms with Crippen molar-refractivity contribution < 1.29 is 19.4 Å². The van der Waals surface area contributed by atoms with Crippen molar-refractivity contribution in [1.82, 2.24) is 0 Å². The zero-order valence-corrected chi connectivity index (χ0v) is 9.10. The standard InChI is InChI=1S/C12H14O4/c1-2-16-11(13)8-7-9-5-3-4-6-10(9)12(14)15/h3-6H,2,7-8H2,1H3,(H,14,15). The monoisotopic (exact) mass is 222 g/mol. The quantitative estimate of drug-likeness (QED) is 0.772. The van der Waals surface area contributed by atoms with E-state index >= 15 is 0 Å². The topological polar surface area (TPSA) is 63.6 Å². The van der Waals surface area contributed by atoms with Crippen LogP contribution in [-0.4, -0.2) is 23.7 Å². The van der Waals surface area contributed by atoms with E-state index in [1.54, 1.807) is 25.1 Å². The molecule has 16 heavy (non-hydrogen) atoms. The first kappa shape index (κ1) is 12.2. The van der Waals surface area contributed by atoms with Gasteiger partial charge >= 0.3 is 11.9 Å². The smallest absolute Gasteiger partial charge is 0.335 e. The van der Waals surface area contributed by atoms with E-state index in [1.165, 1.54) is 6.07 Å². The van der Waals surface area contributed by atoms with E-state index in [4.69, 9.17) is 9.84 Å². The summed E-state index contributed by atoms with van der Waals surface area (Å²) in [4.78, 5) is 22.0. The predicted molar refractivity (Wildman–Crippen MR) is 58.4 cm³/mol. The summed E-state index contributed by atoms with van der Waals surface area (Å²) in [5.74, 6) is -1.28. The minimum Gasteiger partial charge on any atom is -0.478 e. The van der Waals surface area contributed by atoms with Gasteiger partial charge in [0.25, 0.3) is 0 Å². The number of ether oxygens (including phenoxy) is 1. The van der Waals surface area contributed by atoms with Crippen LogP contribution in [0.25, 0.3) is 0 Å². The molecular formula is C12H14O4. The molecule has 0 saturated carbocycles. The van der Waals surface area contributed by atoms with Crippen LogP contribution >= 0.6 is 0 Å². The van der Waals surface area contributed by atoms with Crippen LogP contribution in [-0.2, 0) is 16.0 Å². The van der Waals surface area contributed by atoms with Crippen molar-refractivity contribution in [2.45, 2.75) is 19.8 Å². The van der Waals surface area contributed by atoms with Crippen LogP contribution < -0.4 is 0 Å². The number of rotatable bonds is 5. The van der Waals surface area contributed by atoms with Crippen LogP contribution in [0.4, 0.5) is 0 Å². The Balaban J connectivity index is 2.66. The van der Waals surface area contributed by atoms with E-state index in [0.717, 1.165) is 0 Å². The summed E-state index contributed by atoms with van der Waals surface area (Å²) >= 11 is 0. The van der Waals surface area contributed by atoms with Gasteiger partial charge in [0.2, 0.25) is 0 Å². The molecule has 0 fully saturated rings. The molecule has 0 aromatic heterocycles. The number of aromatic carboxylic acids is 1. The Bertz CT molecular complexity index is 384. The third-order valence-corrected chi connectivity index (χ3v) is 2.15. The maximum Gasteiger partial charge on any atom is 0.335 e. The average Bonchev–Trinajstić information content (AvgIpc) is 2.27. The maximum atomic E-state index is 11.1. The summed E-state index contributed by atoms with van der Waals surface area (Å²) < 4.78 is 4.78. The fourth-order valence-corrected chi connectivity index (χ4v) is 1.42. The molecule has 1 N–H and O–H groups in total. The molecule has 0 heterocycles. The Hall–Kier alpha value is -1.84. The first-order valence-corrected chi connectivity index (χ1v) is 5.12. The van der Waals surface area contributed by atoms with Crippen LogP contribution in [0.15, 0.2) is 24.3 Å². The molecule has 1 rings (SSSR count). The molecule has 86 valence electrons. The van der Waals surface area contributed by atoms with Gasteiger partial charge in [-0.15, -0.1) is 0 Å². The van der Waals surface area contributed by atoms with E-state index in [0.29, 0.717) is 18.6 Å². The van der Waals surface area contributed by atoms with Crippen LogP contribution in [0.1, 0.15) is 29.3 Å². The number of aryl methyl sites for hydroxylation is 1. The van der Waals surface area contributed by atoms with Crippen LogP contribution in [0.2, 0.25) is 0 Å². The molecule has 4 nitrogen and oxygen atoms in total. The molecule has 0 bridgehead atoms. The molecule has 0 aliphatic carbocycles. The van der Waals surface area contributed by atoms with Gasteiger partial charge in [-0.2, -0.15) is 0 Å². The van der Waals surface area contributed by atoms with Gasteiger partial charge in [0.1, 0.15) is 0 Å². The second-order valence-electron chi connectivity index (χ2n) is 3.27. The second kappa shape index (κ2) is 5.90. The molecule has 0 saturated heterocycles. The molecule has 0 aliphatic heterocycles. The van der Waals surface area contributed by atoms with E-state index in [-0.39, 0.29) is 18.0 Å². The molecule has 1 aromatic rings. The van der Waals surface area contributed by atoms with Crippen molar-refractivity contribution in [3.05, 3.63) is 35.4 Å². The molecule has 1 aromatic carbocycles. The van der Waals surface area contributed by atoms with E-state index in [9.17, 15) is 9.59 Å². The number of carbonyl (C=O) groups excluding carboxylic acids is 1. The van der Waals surface area contributed by atoms with Gasteiger partial charge in [0.15, 0.2) is 0 Å². The summed E-state index contributed by atoms with van der Waals surface area (Å²) in [5, 5.41) is 8.92. The SMILES string of the molecule is CCOC(=O)CCc1ccccc1C(=O)O. The van der Waals surface area contributed by atoms with Crippen molar-refractivity contribution >= 4 is 11.9 Å². The number of esters is 1. The number of benzene rings is 1. The summed E-state index contributed by atoms with van der Waals surface area (Å²) in [6.45, 7) is 2.09. The lowest BCUT2D eigenvalue weighted by Crippen LogP contribution is -2.08. The van der Waals surface area contributed by atoms with Crippen molar-refractivity contribution in [3.63, 3.8) is 0 Å². The van der Waals surface area contributed by atoms with E-state index in [2.05, 4.69) is 0 Å². The number of carbonyl (C=O) groups is 2. The highest BCUT2D eigenvalue weighted by Crippen LogP contribution is 2.11. The van der Waals surface area contributed by atoms with Crippen LogP contribution in [0.3, 0.4) is 0 Å². The van der Waals surface area contributed by atoms with E-state index < -0.39 is 5.97 Å². The minimum atomic E-state index is -0.973. The van der Waals surface area contributed by atoms with Crippen molar-refractivity contribution in [3.8, 4) is 0 Å². The lowest BCUT2D eigenvalue weighted by molar-refractivity contribution is -0.143. The Labute approximate surface area is 93.9 Å². The van der Waals surface area contributed by atoms with Crippen LogP contribution in [0, 0.1) is 0 Å². The van der Waals surface area contributed by atoms with Crippen molar-refractivity contribution in [2.75, 3.05) is 6.61 Å². The molecule has 0 spiro atoms. The molecule has 0 aliphatic rings. The minimum absolute atomic E-state index is 0.206. The largest absolute Gasteiger partial charge is 0.478 e. The number of carboxylic acids is 1. The fraction of sp³-hybridized carbons (Fsp3) is 0.333. The third kappa shape index (κ3) is 3.38. The maximum absolute atomic E-state index is 11.1. The van der Waals surface area contributed by atoms with Gasteiger partial charge in [0, 0.05) is 6.42 Å². The molecule has 0 atom stereocenters. The molecule has 0 amide bonds. The van der Waals surface area contributed by atoms with E-state index in [1.807, 2.05) is 0 Å². The Morgan fingerprint density at radius 3 is 2.62 bits per heavy atom. The van der Waals surface area contributed by atoms with Gasteiger partial charge in [-0.3, -0.25) is 4.79 Å². The highest BCUT2D eigenvalue weighted by molar-refractivity contribution is 5.89. The van der Waals surface area contributed by atoms with Gasteiger partial charge in [-0.25, -0.2) is 4.79 Å². The number of carboxylic acid groups (broad SMARTS) is 1. The summed E-state index contributed by atoms with van der Waals surface area (Å²) in [7, 11) is 0. The normalized spacial score (nSPS) is 9.81. The summed E-state index contributed by atoms with van der Waals surface area (Å²) in [5.41, 5.74) is 0.898. The van der Waals surface area contributed by atoms with Crippen molar-refractivity contribution in [1.29, 1.82) is 0 Å². The van der Waals surface area contributed by atoms with Gasteiger partial charge < -0.3 is 9.84 Å². The highest BCUT2D eigenvalue weighted by Gasteiger charge is 2.10. The summed E-state index contributed by atoms with van der Waals surface area (Å²) in [6.07, 6.45) is 0.597. The summed E-state index contributed by atoms with van der Waals surface area (Å²) in [6, 6.07) is 6.66. The Morgan fingerprint density at radius 2 is 2.00 bits per heavy atom. The lowest BCUT2D eigenvalue weighted by atomic mass is 10.0. The fourth-order valence-electron chi connectivity index (χ4n) is 1.42. The third-order valence-electron chi connectivity index (χ3n) is 2.15.